The Morgan fingerprint density at radius 1 is 1.43 bits per heavy atom. The van der Waals surface area contributed by atoms with E-state index < -0.39 is 21.8 Å². The van der Waals surface area contributed by atoms with Gasteiger partial charge in [0.25, 0.3) is 10.0 Å². The van der Waals surface area contributed by atoms with Gasteiger partial charge in [0.1, 0.15) is 0 Å². The first-order valence-electron chi connectivity index (χ1n) is 3.61. The van der Waals surface area contributed by atoms with E-state index in [0.717, 1.165) is 16.4 Å². The molecule has 1 N–H and O–H groups in total. The standard InChI is InChI=1S/C7H9NO5S/c1-8(2)14(11,12)6-4-3-5(13-6)7(9)10/h3-4H,1-2H3,(H,9,10). The molecule has 0 unspecified atom stereocenters. The summed E-state index contributed by atoms with van der Waals surface area (Å²) in [6, 6.07) is 2.21. The minimum absolute atomic E-state index is 0.375. The number of carboxylic acids is 1. The number of carbonyl (C=O) groups is 1. The lowest BCUT2D eigenvalue weighted by Crippen LogP contribution is -2.21. The number of nitrogens with zero attached hydrogens (tertiary/aromatic N) is 1. The van der Waals surface area contributed by atoms with E-state index in [1.54, 1.807) is 0 Å². The molecule has 1 rings (SSSR count). The molecule has 1 aromatic rings. The highest BCUT2D eigenvalue weighted by Crippen LogP contribution is 2.16. The van der Waals surface area contributed by atoms with Gasteiger partial charge in [0.15, 0.2) is 0 Å². The van der Waals surface area contributed by atoms with E-state index >= 15 is 0 Å². The topological polar surface area (TPSA) is 87.8 Å². The maximum Gasteiger partial charge on any atom is 0.371 e. The van der Waals surface area contributed by atoms with Gasteiger partial charge in [-0.2, -0.15) is 0 Å². The van der Waals surface area contributed by atoms with E-state index in [-0.39, 0.29) is 5.09 Å². The smallest absolute Gasteiger partial charge is 0.371 e. The van der Waals surface area contributed by atoms with Gasteiger partial charge in [0, 0.05) is 14.1 Å². The molecule has 0 spiro atoms. The van der Waals surface area contributed by atoms with Gasteiger partial charge in [0.2, 0.25) is 10.9 Å². The lowest BCUT2D eigenvalue weighted by molar-refractivity contribution is 0.0656. The normalized spacial score (nSPS) is 11.9. The van der Waals surface area contributed by atoms with E-state index in [4.69, 9.17) is 5.11 Å². The molecule has 0 amide bonds. The van der Waals surface area contributed by atoms with Gasteiger partial charge in [0.05, 0.1) is 0 Å². The number of rotatable bonds is 3. The van der Waals surface area contributed by atoms with Gasteiger partial charge in [-0.15, -0.1) is 0 Å². The molecule has 1 heterocycles. The first kappa shape index (κ1) is 10.7. The Kier molecular flexibility index (Phi) is 2.63. The van der Waals surface area contributed by atoms with Crippen molar-refractivity contribution in [2.24, 2.45) is 0 Å². The fourth-order valence-corrected chi connectivity index (χ4v) is 1.55. The minimum atomic E-state index is -3.69. The molecular formula is C7H9NO5S. The SMILES string of the molecule is CN(C)S(=O)(=O)c1ccc(C(=O)O)o1. The summed E-state index contributed by atoms with van der Waals surface area (Å²) < 4.78 is 28.4. The molecule has 0 bridgehead atoms. The van der Waals surface area contributed by atoms with Crippen LogP contribution in [0, 0.1) is 0 Å². The second-order valence-electron chi connectivity index (χ2n) is 2.71. The summed E-state index contributed by atoms with van der Waals surface area (Å²) >= 11 is 0. The Labute approximate surface area is 80.8 Å². The molecule has 78 valence electrons. The van der Waals surface area contributed by atoms with Crippen LogP contribution in [-0.2, 0) is 10.0 Å². The van der Waals surface area contributed by atoms with Gasteiger partial charge in [-0.1, -0.05) is 0 Å². The van der Waals surface area contributed by atoms with E-state index in [2.05, 4.69) is 4.42 Å². The predicted molar refractivity (Wildman–Crippen MR) is 46.5 cm³/mol. The first-order chi connectivity index (χ1) is 6.35. The average Bonchev–Trinajstić information content (AvgIpc) is 2.51. The van der Waals surface area contributed by atoms with Crippen molar-refractivity contribution in [3.8, 4) is 0 Å². The first-order valence-corrected chi connectivity index (χ1v) is 5.05. The third kappa shape index (κ3) is 1.78. The molecule has 0 aliphatic carbocycles. The quantitative estimate of drug-likeness (QED) is 0.786. The van der Waals surface area contributed by atoms with Gasteiger partial charge < -0.3 is 9.52 Å². The number of hydrogen-bond donors (Lipinski definition) is 1. The molecule has 0 aliphatic rings. The highest BCUT2D eigenvalue weighted by atomic mass is 32.2. The summed E-state index contributed by atoms with van der Waals surface area (Å²) in [5, 5.41) is 8.13. The van der Waals surface area contributed by atoms with Gasteiger partial charge in [-0.25, -0.2) is 17.5 Å². The lowest BCUT2D eigenvalue weighted by Gasteiger charge is -2.07. The van der Waals surface area contributed by atoms with Gasteiger partial charge >= 0.3 is 5.97 Å². The van der Waals surface area contributed by atoms with Crippen LogP contribution in [0.2, 0.25) is 0 Å². The third-order valence-corrected chi connectivity index (χ3v) is 3.22. The van der Waals surface area contributed by atoms with Gasteiger partial charge in [-0.05, 0) is 12.1 Å². The average molecular weight is 219 g/mol. The Morgan fingerprint density at radius 3 is 2.36 bits per heavy atom. The fourth-order valence-electron chi connectivity index (χ4n) is 0.754. The molecule has 0 aromatic carbocycles. The van der Waals surface area contributed by atoms with Gasteiger partial charge in [-0.3, -0.25) is 0 Å². The second kappa shape index (κ2) is 3.43. The Morgan fingerprint density at radius 2 is 2.00 bits per heavy atom. The molecular weight excluding hydrogens is 210 g/mol. The van der Waals surface area contributed by atoms with E-state index in [0.29, 0.717) is 0 Å². The van der Waals surface area contributed by atoms with Crippen molar-refractivity contribution in [1.29, 1.82) is 0 Å². The molecule has 0 radical (unpaired) electrons. The van der Waals surface area contributed by atoms with E-state index in [1.165, 1.54) is 14.1 Å². The molecule has 7 heteroatoms. The maximum atomic E-state index is 11.4. The molecule has 6 nitrogen and oxygen atoms in total. The van der Waals surface area contributed by atoms with Crippen molar-refractivity contribution in [1.82, 2.24) is 4.31 Å². The van der Waals surface area contributed by atoms with Crippen LogP contribution in [-0.4, -0.2) is 37.9 Å². The summed E-state index contributed by atoms with van der Waals surface area (Å²) in [6.45, 7) is 0. The number of carboxylic acid groups (broad SMARTS) is 1. The number of sulfonamides is 1. The van der Waals surface area contributed by atoms with Crippen molar-refractivity contribution < 1.29 is 22.7 Å². The highest BCUT2D eigenvalue weighted by Gasteiger charge is 2.22. The summed E-state index contributed by atoms with van der Waals surface area (Å²) in [6.07, 6.45) is 0. The Balaban J connectivity index is 3.16. The van der Waals surface area contributed by atoms with Crippen LogP contribution in [0.3, 0.4) is 0 Å². The van der Waals surface area contributed by atoms with Crippen LogP contribution in [0.5, 0.6) is 0 Å². The maximum absolute atomic E-state index is 11.4. The summed E-state index contributed by atoms with van der Waals surface area (Å²) in [7, 11) is -1.02. The minimum Gasteiger partial charge on any atom is -0.475 e. The molecule has 0 atom stereocenters. The van der Waals surface area contributed by atoms with Crippen molar-refractivity contribution in [2.45, 2.75) is 5.09 Å². The van der Waals surface area contributed by atoms with Crippen LogP contribution in [0.25, 0.3) is 0 Å². The molecule has 0 saturated heterocycles. The number of aromatic carboxylic acids is 1. The third-order valence-electron chi connectivity index (χ3n) is 1.53. The molecule has 0 fully saturated rings. The van der Waals surface area contributed by atoms with Crippen LogP contribution in [0.1, 0.15) is 10.6 Å². The lowest BCUT2D eigenvalue weighted by atomic mass is 10.5. The van der Waals surface area contributed by atoms with E-state index in [9.17, 15) is 13.2 Å². The van der Waals surface area contributed by atoms with Crippen LogP contribution in [0.15, 0.2) is 21.6 Å². The molecule has 14 heavy (non-hydrogen) atoms. The summed E-state index contributed by atoms with van der Waals surface area (Å²) in [4.78, 5) is 10.4. The predicted octanol–water partition coefficient (Wildman–Crippen LogP) is 0.228. The van der Waals surface area contributed by atoms with Crippen molar-refractivity contribution in [2.75, 3.05) is 14.1 Å². The monoisotopic (exact) mass is 219 g/mol. The molecule has 1 aromatic heterocycles. The van der Waals surface area contributed by atoms with Crippen LogP contribution in [0.4, 0.5) is 0 Å². The van der Waals surface area contributed by atoms with Crippen molar-refractivity contribution in [3.05, 3.63) is 17.9 Å². The summed E-state index contributed by atoms with van der Waals surface area (Å²) in [5.74, 6) is -1.70. The fraction of sp³-hybridized carbons (Fsp3) is 0.286. The summed E-state index contributed by atoms with van der Waals surface area (Å²) in [5.41, 5.74) is 0. The Bertz CT molecular complexity index is 444. The van der Waals surface area contributed by atoms with Crippen LogP contribution >= 0.6 is 0 Å². The van der Waals surface area contributed by atoms with Crippen LogP contribution < -0.4 is 0 Å². The largest absolute Gasteiger partial charge is 0.475 e. The molecule has 0 saturated carbocycles. The number of hydrogen-bond acceptors (Lipinski definition) is 4. The highest BCUT2D eigenvalue weighted by molar-refractivity contribution is 7.88. The number of furan rings is 1. The zero-order chi connectivity index (χ0) is 10.9. The Hall–Kier alpha value is -1.34. The van der Waals surface area contributed by atoms with Crippen molar-refractivity contribution >= 4 is 16.0 Å². The zero-order valence-electron chi connectivity index (χ0n) is 7.59. The molecule has 0 aliphatic heterocycles. The second-order valence-corrected chi connectivity index (χ2v) is 4.79. The van der Waals surface area contributed by atoms with E-state index in [1.807, 2.05) is 0 Å². The zero-order valence-corrected chi connectivity index (χ0v) is 8.41. The van der Waals surface area contributed by atoms with Crippen molar-refractivity contribution in [3.63, 3.8) is 0 Å².